The van der Waals surface area contributed by atoms with E-state index in [1.165, 1.54) is 0 Å². The third kappa shape index (κ3) is 3.35. The second kappa shape index (κ2) is 7.20. The summed E-state index contributed by atoms with van der Waals surface area (Å²) in [6.07, 6.45) is 3.48. The van der Waals surface area contributed by atoms with Crippen molar-refractivity contribution in [2.24, 2.45) is 5.73 Å². The lowest BCUT2D eigenvalue weighted by atomic mass is 10.0. The number of nitrogens with one attached hydrogen (secondary N) is 1. The van der Waals surface area contributed by atoms with Gasteiger partial charge in [-0.1, -0.05) is 18.2 Å². The molecule has 1 aromatic carbocycles. The van der Waals surface area contributed by atoms with Crippen molar-refractivity contribution < 1.29 is 4.79 Å². The van der Waals surface area contributed by atoms with Crippen LogP contribution in [0.25, 0.3) is 11.1 Å². The lowest BCUT2D eigenvalue weighted by Crippen LogP contribution is -2.44. The van der Waals surface area contributed by atoms with Crippen LogP contribution in [-0.4, -0.2) is 42.1 Å². The molecule has 1 aliphatic rings. The number of rotatable bonds is 3. The zero-order chi connectivity index (χ0) is 14.7. The Morgan fingerprint density at radius 1 is 1.14 bits per heavy atom. The van der Waals surface area contributed by atoms with Gasteiger partial charge >= 0.3 is 0 Å². The van der Waals surface area contributed by atoms with Crippen molar-refractivity contribution in [1.29, 1.82) is 0 Å². The van der Waals surface area contributed by atoms with E-state index in [1.54, 1.807) is 24.5 Å². The maximum atomic E-state index is 11.5. The molecule has 7 heteroatoms. The first-order valence-electron chi connectivity index (χ1n) is 6.92. The number of anilines is 1. The molecule has 1 amide bonds. The van der Waals surface area contributed by atoms with E-state index in [1.807, 2.05) is 12.1 Å². The quantitative estimate of drug-likeness (QED) is 0.884. The highest BCUT2D eigenvalue weighted by Crippen LogP contribution is 2.23. The minimum absolute atomic E-state index is 0. The van der Waals surface area contributed by atoms with Gasteiger partial charge < -0.3 is 16.0 Å². The van der Waals surface area contributed by atoms with Gasteiger partial charge in [-0.05, 0) is 11.6 Å². The molecule has 1 fully saturated rings. The summed E-state index contributed by atoms with van der Waals surface area (Å²) in [5, 5.41) is 3.29. The zero-order valence-corrected chi connectivity index (χ0v) is 12.8. The standard InChI is InChI=1S/C15H17N5O.ClH/c16-14(21)13-4-2-1-3-12(13)11-9-18-15(19-10-11)20-7-5-17-6-8-20;/h1-4,9-10,17H,5-8H2,(H2,16,21);1H. The van der Waals surface area contributed by atoms with E-state index in [2.05, 4.69) is 20.2 Å². The number of nitrogens with two attached hydrogens (primary N) is 1. The fourth-order valence-electron chi connectivity index (χ4n) is 2.44. The predicted molar refractivity (Wildman–Crippen MR) is 88.3 cm³/mol. The highest BCUT2D eigenvalue weighted by atomic mass is 35.5. The second-order valence-electron chi connectivity index (χ2n) is 4.92. The molecule has 0 bridgehead atoms. The van der Waals surface area contributed by atoms with E-state index < -0.39 is 5.91 Å². The number of nitrogens with zero attached hydrogens (tertiary/aromatic N) is 3. The van der Waals surface area contributed by atoms with Crippen molar-refractivity contribution in [3.8, 4) is 11.1 Å². The fourth-order valence-corrected chi connectivity index (χ4v) is 2.44. The van der Waals surface area contributed by atoms with Crippen LogP contribution >= 0.6 is 12.4 Å². The topological polar surface area (TPSA) is 84.1 Å². The van der Waals surface area contributed by atoms with Crippen LogP contribution in [0, 0.1) is 0 Å². The third-order valence-corrected chi connectivity index (χ3v) is 3.54. The summed E-state index contributed by atoms with van der Waals surface area (Å²) in [5.41, 5.74) is 7.44. The van der Waals surface area contributed by atoms with Crippen LogP contribution in [0.2, 0.25) is 0 Å². The molecule has 0 radical (unpaired) electrons. The number of primary amides is 1. The predicted octanol–water partition coefficient (Wildman–Crippen LogP) is 1.07. The van der Waals surface area contributed by atoms with Crippen LogP contribution in [0.15, 0.2) is 36.7 Å². The highest BCUT2D eigenvalue weighted by molar-refractivity contribution is 5.99. The molecule has 3 N–H and O–H groups in total. The van der Waals surface area contributed by atoms with Crippen LogP contribution < -0.4 is 16.0 Å². The van der Waals surface area contributed by atoms with Gasteiger partial charge in [0, 0.05) is 49.7 Å². The molecule has 22 heavy (non-hydrogen) atoms. The average Bonchev–Trinajstić information content (AvgIpc) is 2.56. The first-order chi connectivity index (χ1) is 10.3. The van der Waals surface area contributed by atoms with Crippen molar-refractivity contribution in [2.45, 2.75) is 0 Å². The Balaban J connectivity index is 0.00000176. The van der Waals surface area contributed by atoms with Gasteiger partial charge in [0.05, 0.1) is 0 Å². The van der Waals surface area contributed by atoms with Gasteiger partial charge in [-0.15, -0.1) is 12.4 Å². The van der Waals surface area contributed by atoms with Crippen LogP contribution in [0.5, 0.6) is 0 Å². The Hall–Kier alpha value is -2.18. The van der Waals surface area contributed by atoms with Gasteiger partial charge in [0.25, 0.3) is 0 Å². The monoisotopic (exact) mass is 319 g/mol. The number of hydrogen-bond acceptors (Lipinski definition) is 5. The third-order valence-electron chi connectivity index (χ3n) is 3.54. The van der Waals surface area contributed by atoms with Crippen molar-refractivity contribution in [1.82, 2.24) is 15.3 Å². The van der Waals surface area contributed by atoms with Crippen LogP contribution in [0.1, 0.15) is 10.4 Å². The second-order valence-corrected chi connectivity index (χ2v) is 4.92. The molecule has 116 valence electrons. The minimum atomic E-state index is -0.447. The van der Waals surface area contributed by atoms with Gasteiger partial charge in [-0.2, -0.15) is 0 Å². The molecule has 1 aliphatic heterocycles. The summed E-state index contributed by atoms with van der Waals surface area (Å²) in [5.74, 6) is 0.272. The summed E-state index contributed by atoms with van der Waals surface area (Å²) in [4.78, 5) is 22.4. The SMILES string of the molecule is Cl.NC(=O)c1ccccc1-c1cnc(N2CCNCC2)nc1. The molecule has 0 unspecified atom stereocenters. The number of benzene rings is 1. The zero-order valence-electron chi connectivity index (χ0n) is 12.0. The number of aromatic nitrogens is 2. The number of piperazine rings is 1. The average molecular weight is 320 g/mol. The summed E-state index contributed by atoms with van der Waals surface area (Å²) >= 11 is 0. The molecule has 0 atom stereocenters. The first kappa shape index (κ1) is 16.2. The van der Waals surface area contributed by atoms with Gasteiger partial charge in [0.2, 0.25) is 11.9 Å². The Bertz CT molecular complexity index is 641. The number of carbonyl (C=O) groups excluding carboxylic acids is 1. The summed E-state index contributed by atoms with van der Waals surface area (Å²) in [6, 6.07) is 7.22. The number of amides is 1. The normalized spacial score (nSPS) is 14.3. The molecule has 0 aliphatic carbocycles. The lowest BCUT2D eigenvalue weighted by Gasteiger charge is -2.27. The van der Waals surface area contributed by atoms with E-state index in [0.29, 0.717) is 5.56 Å². The van der Waals surface area contributed by atoms with E-state index in [9.17, 15) is 4.79 Å². The minimum Gasteiger partial charge on any atom is -0.366 e. The smallest absolute Gasteiger partial charge is 0.249 e. The Labute approximate surface area is 135 Å². The van der Waals surface area contributed by atoms with Gasteiger partial charge in [0.1, 0.15) is 0 Å². The molecule has 2 heterocycles. The van der Waals surface area contributed by atoms with E-state index in [-0.39, 0.29) is 12.4 Å². The van der Waals surface area contributed by atoms with Gasteiger partial charge in [-0.25, -0.2) is 9.97 Å². The summed E-state index contributed by atoms with van der Waals surface area (Å²) in [7, 11) is 0. The molecule has 0 saturated carbocycles. The Morgan fingerprint density at radius 2 is 1.77 bits per heavy atom. The molecule has 1 aromatic heterocycles. The fraction of sp³-hybridized carbons (Fsp3) is 0.267. The van der Waals surface area contributed by atoms with E-state index in [4.69, 9.17) is 5.73 Å². The van der Waals surface area contributed by atoms with Crippen LogP contribution in [0.3, 0.4) is 0 Å². The molecule has 2 aromatic rings. The number of carbonyl (C=O) groups is 1. The van der Waals surface area contributed by atoms with Crippen molar-refractivity contribution in [2.75, 3.05) is 31.1 Å². The molecule has 6 nitrogen and oxygen atoms in total. The molecule has 3 rings (SSSR count). The van der Waals surface area contributed by atoms with Gasteiger partial charge in [-0.3, -0.25) is 4.79 Å². The number of hydrogen-bond donors (Lipinski definition) is 2. The van der Waals surface area contributed by atoms with Crippen LogP contribution in [0.4, 0.5) is 5.95 Å². The summed E-state index contributed by atoms with van der Waals surface area (Å²) in [6.45, 7) is 3.68. The maximum Gasteiger partial charge on any atom is 0.249 e. The maximum absolute atomic E-state index is 11.5. The molecule has 0 spiro atoms. The van der Waals surface area contributed by atoms with Gasteiger partial charge in [0.15, 0.2) is 0 Å². The Morgan fingerprint density at radius 3 is 2.41 bits per heavy atom. The van der Waals surface area contributed by atoms with E-state index >= 15 is 0 Å². The number of halogens is 1. The first-order valence-corrected chi connectivity index (χ1v) is 6.92. The largest absolute Gasteiger partial charge is 0.366 e. The molecular formula is C15H18ClN5O. The van der Waals surface area contributed by atoms with Crippen LogP contribution in [-0.2, 0) is 0 Å². The van der Waals surface area contributed by atoms with E-state index in [0.717, 1.165) is 43.3 Å². The van der Waals surface area contributed by atoms with Crippen molar-refractivity contribution in [3.63, 3.8) is 0 Å². The van der Waals surface area contributed by atoms with Crippen molar-refractivity contribution in [3.05, 3.63) is 42.2 Å². The van der Waals surface area contributed by atoms with Crippen molar-refractivity contribution >= 4 is 24.3 Å². The molecular weight excluding hydrogens is 302 g/mol. The lowest BCUT2D eigenvalue weighted by molar-refractivity contribution is 0.100. The molecule has 1 saturated heterocycles. The summed E-state index contributed by atoms with van der Waals surface area (Å²) < 4.78 is 0. The highest BCUT2D eigenvalue weighted by Gasteiger charge is 2.14. The Kier molecular flexibility index (Phi) is 5.30.